The molecule has 0 fully saturated rings. The van der Waals surface area contributed by atoms with Crippen LogP contribution >= 0.6 is 0 Å². The van der Waals surface area contributed by atoms with Gasteiger partial charge in [-0.3, -0.25) is 9.59 Å². The summed E-state index contributed by atoms with van der Waals surface area (Å²) in [6.07, 6.45) is 0. The maximum absolute atomic E-state index is 13.2. The Morgan fingerprint density at radius 2 is 1.57 bits per heavy atom. The monoisotopic (exact) mass is 287 g/mol. The van der Waals surface area contributed by atoms with E-state index in [9.17, 15) is 14.0 Å². The van der Waals surface area contributed by atoms with Gasteiger partial charge >= 0.3 is 0 Å². The van der Waals surface area contributed by atoms with Crippen LogP contribution in [0.5, 0.6) is 0 Å². The molecule has 2 aromatic carbocycles. The van der Waals surface area contributed by atoms with Gasteiger partial charge in [0.15, 0.2) is 0 Å². The molecule has 0 saturated carbocycles. The molecule has 0 aromatic heterocycles. The molecular weight excluding hydrogens is 273 g/mol. The molecule has 0 aliphatic rings. The fourth-order valence-corrected chi connectivity index (χ4v) is 1.79. The van der Waals surface area contributed by atoms with Crippen LogP contribution < -0.4 is 16.4 Å². The standard InChI is InChI=1S/C15H14FN3O2/c1-9(20)18-13-2-4-14(5-3-13)19-15(21)10-6-11(16)8-12(17)7-10/h2-8H,17H2,1H3,(H,18,20)(H,19,21). The number of carbonyl (C=O) groups excluding carboxylic acids is 2. The van der Waals surface area contributed by atoms with Crippen molar-refractivity contribution in [1.82, 2.24) is 0 Å². The summed E-state index contributed by atoms with van der Waals surface area (Å²) in [5.74, 6) is -1.21. The van der Waals surface area contributed by atoms with Crippen LogP contribution in [0.2, 0.25) is 0 Å². The highest BCUT2D eigenvalue weighted by Gasteiger charge is 2.08. The highest BCUT2D eigenvalue weighted by molar-refractivity contribution is 6.04. The predicted octanol–water partition coefficient (Wildman–Crippen LogP) is 2.62. The van der Waals surface area contributed by atoms with Crippen molar-refractivity contribution in [2.24, 2.45) is 0 Å². The minimum atomic E-state index is -0.568. The molecule has 0 unspecified atom stereocenters. The maximum Gasteiger partial charge on any atom is 0.255 e. The van der Waals surface area contributed by atoms with Gasteiger partial charge in [-0.25, -0.2) is 4.39 Å². The molecule has 2 aromatic rings. The lowest BCUT2D eigenvalue weighted by Gasteiger charge is -2.07. The van der Waals surface area contributed by atoms with E-state index in [0.29, 0.717) is 11.4 Å². The van der Waals surface area contributed by atoms with E-state index in [1.807, 2.05) is 0 Å². The van der Waals surface area contributed by atoms with Crippen molar-refractivity contribution in [3.63, 3.8) is 0 Å². The van der Waals surface area contributed by atoms with Gasteiger partial charge in [-0.2, -0.15) is 0 Å². The summed E-state index contributed by atoms with van der Waals surface area (Å²) in [6, 6.07) is 10.2. The van der Waals surface area contributed by atoms with Gasteiger partial charge in [0.25, 0.3) is 5.91 Å². The number of halogens is 1. The molecule has 2 amide bonds. The van der Waals surface area contributed by atoms with Crippen molar-refractivity contribution in [2.45, 2.75) is 6.92 Å². The second kappa shape index (κ2) is 6.04. The Balaban J connectivity index is 2.10. The molecule has 0 bridgehead atoms. The predicted molar refractivity (Wildman–Crippen MR) is 79.5 cm³/mol. The fraction of sp³-hybridized carbons (Fsp3) is 0.0667. The third kappa shape index (κ3) is 4.04. The Labute approximate surface area is 121 Å². The molecule has 21 heavy (non-hydrogen) atoms. The van der Waals surface area contributed by atoms with Gasteiger partial charge in [0.05, 0.1) is 0 Å². The van der Waals surface area contributed by atoms with E-state index in [0.717, 1.165) is 12.1 Å². The van der Waals surface area contributed by atoms with E-state index < -0.39 is 11.7 Å². The number of amides is 2. The summed E-state index contributed by atoms with van der Waals surface area (Å²) in [4.78, 5) is 22.9. The van der Waals surface area contributed by atoms with Crippen LogP contribution in [-0.4, -0.2) is 11.8 Å². The number of nitrogens with one attached hydrogen (secondary N) is 2. The lowest BCUT2D eigenvalue weighted by atomic mass is 10.1. The second-order valence-corrected chi connectivity index (χ2v) is 4.49. The van der Waals surface area contributed by atoms with Crippen LogP contribution in [0, 0.1) is 5.82 Å². The third-order valence-electron chi connectivity index (χ3n) is 2.65. The molecule has 0 atom stereocenters. The first-order valence-electron chi connectivity index (χ1n) is 6.19. The lowest BCUT2D eigenvalue weighted by molar-refractivity contribution is -0.114. The molecule has 0 spiro atoms. The molecule has 0 radical (unpaired) electrons. The van der Waals surface area contributed by atoms with E-state index in [1.165, 1.54) is 13.0 Å². The number of rotatable bonds is 3. The van der Waals surface area contributed by atoms with Crippen LogP contribution in [0.1, 0.15) is 17.3 Å². The Kier molecular flexibility index (Phi) is 4.18. The van der Waals surface area contributed by atoms with Gasteiger partial charge < -0.3 is 16.4 Å². The van der Waals surface area contributed by atoms with Crippen LogP contribution in [0.3, 0.4) is 0 Å². The highest BCUT2D eigenvalue weighted by atomic mass is 19.1. The Hall–Kier alpha value is -2.89. The van der Waals surface area contributed by atoms with Crippen molar-refractivity contribution in [3.05, 3.63) is 53.8 Å². The van der Waals surface area contributed by atoms with Gasteiger partial charge in [-0.15, -0.1) is 0 Å². The largest absolute Gasteiger partial charge is 0.399 e. The van der Waals surface area contributed by atoms with Gasteiger partial charge in [-0.05, 0) is 42.5 Å². The number of hydrogen-bond donors (Lipinski definition) is 3. The van der Waals surface area contributed by atoms with E-state index in [-0.39, 0.29) is 17.2 Å². The Bertz CT molecular complexity index is 664. The first kappa shape index (κ1) is 14.5. The fourth-order valence-electron chi connectivity index (χ4n) is 1.79. The number of nitrogens with two attached hydrogens (primary N) is 1. The zero-order chi connectivity index (χ0) is 15.4. The highest BCUT2D eigenvalue weighted by Crippen LogP contribution is 2.16. The summed E-state index contributed by atoms with van der Waals surface area (Å²) < 4.78 is 13.2. The summed E-state index contributed by atoms with van der Waals surface area (Å²) >= 11 is 0. The van der Waals surface area contributed by atoms with Crippen molar-refractivity contribution >= 4 is 28.9 Å². The van der Waals surface area contributed by atoms with Crippen LogP contribution in [0.4, 0.5) is 21.5 Å². The van der Waals surface area contributed by atoms with Gasteiger partial charge in [0.1, 0.15) is 5.82 Å². The molecule has 0 heterocycles. The van der Waals surface area contributed by atoms with Crippen LogP contribution in [0.15, 0.2) is 42.5 Å². The molecule has 108 valence electrons. The SMILES string of the molecule is CC(=O)Nc1ccc(NC(=O)c2cc(N)cc(F)c2)cc1. The van der Waals surface area contributed by atoms with Crippen molar-refractivity contribution in [2.75, 3.05) is 16.4 Å². The van der Waals surface area contributed by atoms with E-state index in [2.05, 4.69) is 10.6 Å². The molecule has 4 N–H and O–H groups in total. The quantitative estimate of drug-likeness (QED) is 0.759. The Morgan fingerprint density at radius 1 is 1.00 bits per heavy atom. The number of benzene rings is 2. The van der Waals surface area contributed by atoms with Crippen molar-refractivity contribution in [3.8, 4) is 0 Å². The summed E-state index contributed by atoms with van der Waals surface area (Å²) in [7, 11) is 0. The second-order valence-electron chi connectivity index (χ2n) is 4.49. The van der Waals surface area contributed by atoms with Crippen molar-refractivity contribution in [1.29, 1.82) is 0 Å². The first-order chi connectivity index (χ1) is 9.94. The average molecular weight is 287 g/mol. The van der Waals surface area contributed by atoms with Crippen LogP contribution in [0.25, 0.3) is 0 Å². The summed E-state index contributed by atoms with van der Waals surface area (Å²) in [5.41, 5.74) is 6.96. The maximum atomic E-state index is 13.2. The van der Waals surface area contributed by atoms with Gasteiger partial charge in [0, 0.05) is 29.5 Å². The normalized spacial score (nSPS) is 10.0. The van der Waals surface area contributed by atoms with E-state index in [4.69, 9.17) is 5.73 Å². The smallest absolute Gasteiger partial charge is 0.255 e. The number of carbonyl (C=O) groups is 2. The average Bonchev–Trinajstić information content (AvgIpc) is 2.39. The van der Waals surface area contributed by atoms with E-state index >= 15 is 0 Å². The minimum Gasteiger partial charge on any atom is -0.399 e. The van der Waals surface area contributed by atoms with Gasteiger partial charge in [-0.1, -0.05) is 0 Å². The topological polar surface area (TPSA) is 84.2 Å². The van der Waals surface area contributed by atoms with E-state index in [1.54, 1.807) is 24.3 Å². The molecular formula is C15H14FN3O2. The molecule has 0 saturated heterocycles. The lowest BCUT2D eigenvalue weighted by Crippen LogP contribution is -2.13. The summed E-state index contributed by atoms with van der Waals surface area (Å²) in [5, 5.41) is 5.23. The molecule has 0 aliphatic heterocycles. The zero-order valence-electron chi connectivity index (χ0n) is 11.3. The Morgan fingerprint density at radius 3 is 2.10 bits per heavy atom. The first-order valence-corrected chi connectivity index (χ1v) is 6.19. The molecule has 2 rings (SSSR count). The van der Waals surface area contributed by atoms with Crippen molar-refractivity contribution < 1.29 is 14.0 Å². The zero-order valence-corrected chi connectivity index (χ0v) is 11.3. The number of nitrogen functional groups attached to an aromatic ring is 1. The molecule has 0 aliphatic carbocycles. The van der Waals surface area contributed by atoms with Gasteiger partial charge in [0.2, 0.25) is 5.91 Å². The molecule has 5 nitrogen and oxygen atoms in total. The molecule has 6 heteroatoms. The van der Waals surface area contributed by atoms with Crippen LogP contribution in [-0.2, 0) is 4.79 Å². The number of anilines is 3. The minimum absolute atomic E-state index is 0.137. The number of hydrogen-bond acceptors (Lipinski definition) is 3. The third-order valence-corrected chi connectivity index (χ3v) is 2.65. The summed E-state index contributed by atoms with van der Waals surface area (Å²) in [6.45, 7) is 1.41.